The number of methoxy groups -OCH3 is 1. The van der Waals surface area contributed by atoms with Gasteiger partial charge < -0.3 is 4.74 Å². The maximum absolute atomic E-state index is 12.5. The molecule has 2 atom stereocenters. The Kier molecular flexibility index (Phi) is 2.60. The number of halogens is 2. The lowest BCUT2D eigenvalue weighted by Gasteiger charge is -2.04. The van der Waals surface area contributed by atoms with E-state index in [-0.39, 0.29) is 5.92 Å². The second-order valence-electron chi connectivity index (χ2n) is 2.82. The quantitative estimate of drug-likeness (QED) is 0.582. The minimum Gasteiger partial charge on any atom is -0.384 e. The van der Waals surface area contributed by atoms with E-state index in [4.69, 9.17) is 4.74 Å². The predicted molar refractivity (Wildman–Crippen MR) is 34.4 cm³/mol. The zero-order valence-corrected chi connectivity index (χ0v) is 6.02. The van der Waals surface area contributed by atoms with E-state index in [0.29, 0.717) is 19.4 Å². The first-order valence-corrected chi connectivity index (χ1v) is 3.51. The van der Waals surface area contributed by atoms with E-state index in [9.17, 15) is 8.78 Å². The molecule has 0 heterocycles. The van der Waals surface area contributed by atoms with Crippen LogP contribution in [0, 0.1) is 5.92 Å². The minimum absolute atomic E-state index is 0.0926. The molecule has 0 N–H and O–H groups in total. The zero-order valence-electron chi connectivity index (χ0n) is 6.02. The van der Waals surface area contributed by atoms with Gasteiger partial charge in [-0.3, -0.25) is 0 Å². The Hall–Kier alpha value is -0.180. The van der Waals surface area contributed by atoms with Gasteiger partial charge in [0.25, 0.3) is 0 Å². The number of alkyl halides is 2. The van der Waals surface area contributed by atoms with Crippen molar-refractivity contribution in [3.63, 3.8) is 0 Å². The Bertz CT molecular complexity index is 97.8. The molecule has 0 saturated heterocycles. The number of hydrogen-bond acceptors (Lipinski definition) is 1. The predicted octanol–water partition coefficient (Wildman–Crippen LogP) is 1.72. The SMILES string of the molecule is COCC1CC(F)C(F)C1. The van der Waals surface area contributed by atoms with Crippen molar-refractivity contribution in [3.05, 3.63) is 0 Å². The first-order chi connectivity index (χ1) is 4.74. The summed E-state index contributed by atoms with van der Waals surface area (Å²) in [5.74, 6) is 0.0926. The van der Waals surface area contributed by atoms with Crippen LogP contribution in [0.1, 0.15) is 12.8 Å². The van der Waals surface area contributed by atoms with Crippen molar-refractivity contribution in [1.29, 1.82) is 0 Å². The lowest BCUT2D eigenvalue weighted by Crippen LogP contribution is -2.06. The highest BCUT2D eigenvalue weighted by Gasteiger charge is 2.34. The topological polar surface area (TPSA) is 9.23 Å². The monoisotopic (exact) mass is 150 g/mol. The van der Waals surface area contributed by atoms with Gasteiger partial charge in [-0.25, -0.2) is 8.78 Å². The van der Waals surface area contributed by atoms with Gasteiger partial charge in [-0.2, -0.15) is 0 Å². The number of ether oxygens (including phenoxy) is 1. The summed E-state index contributed by atoms with van der Waals surface area (Å²) in [4.78, 5) is 0. The second-order valence-corrected chi connectivity index (χ2v) is 2.82. The summed E-state index contributed by atoms with van der Waals surface area (Å²) in [5.41, 5.74) is 0. The Labute approximate surface area is 59.4 Å². The van der Waals surface area contributed by atoms with Crippen LogP contribution < -0.4 is 0 Å². The maximum atomic E-state index is 12.5. The van der Waals surface area contributed by atoms with E-state index in [1.807, 2.05) is 0 Å². The summed E-state index contributed by atoms with van der Waals surface area (Å²) in [6, 6.07) is 0. The molecule has 0 spiro atoms. The Balaban J connectivity index is 2.27. The smallest absolute Gasteiger partial charge is 0.132 e. The Morgan fingerprint density at radius 1 is 1.30 bits per heavy atom. The van der Waals surface area contributed by atoms with E-state index in [0.717, 1.165) is 0 Å². The van der Waals surface area contributed by atoms with Gasteiger partial charge in [0.05, 0.1) is 0 Å². The molecule has 1 rings (SSSR count). The minimum atomic E-state index is -1.25. The van der Waals surface area contributed by atoms with E-state index in [1.54, 1.807) is 7.11 Å². The average Bonchev–Trinajstić information content (AvgIpc) is 2.14. The normalized spacial score (nSPS) is 40.5. The fraction of sp³-hybridized carbons (Fsp3) is 1.00. The third-order valence-corrected chi connectivity index (χ3v) is 1.91. The Morgan fingerprint density at radius 2 is 1.80 bits per heavy atom. The van der Waals surface area contributed by atoms with Crippen molar-refractivity contribution >= 4 is 0 Å². The summed E-state index contributed by atoms with van der Waals surface area (Å²) in [6.07, 6.45) is -1.84. The van der Waals surface area contributed by atoms with Crippen LogP contribution in [0.3, 0.4) is 0 Å². The van der Waals surface area contributed by atoms with Crippen LogP contribution in [-0.4, -0.2) is 26.1 Å². The van der Waals surface area contributed by atoms with Gasteiger partial charge in [-0.15, -0.1) is 0 Å². The standard InChI is InChI=1S/C7H12F2O/c1-10-4-5-2-6(8)7(9)3-5/h5-7H,2-4H2,1H3. The highest BCUT2D eigenvalue weighted by Crippen LogP contribution is 2.30. The average molecular weight is 150 g/mol. The molecule has 1 aliphatic rings. The molecule has 0 aromatic carbocycles. The van der Waals surface area contributed by atoms with Gasteiger partial charge in [0.15, 0.2) is 0 Å². The van der Waals surface area contributed by atoms with E-state index in [1.165, 1.54) is 0 Å². The third kappa shape index (κ3) is 1.66. The molecule has 0 bridgehead atoms. The fourth-order valence-corrected chi connectivity index (χ4v) is 1.40. The van der Waals surface area contributed by atoms with Crippen LogP contribution in [0.4, 0.5) is 8.78 Å². The van der Waals surface area contributed by atoms with Crippen LogP contribution in [-0.2, 0) is 4.74 Å². The molecule has 1 nitrogen and oxygen atoms in total. The summed E-state index contributed by atoms with van der Waals surface area (Å²) in [6.45, 7) is 0.487. The van der Waals surface area contributed by atoms with Crippen LogP contribution >= 0.6 is 0 Å². The lowest BCUT2D eigenvalue weighted by atomic mass is 10.1. The maximum Gasteiger partial charge on any atom is 0.132 e. The molecule has 2 unspecified atom stereocenters. The van der Waals surface area contributed by atoms with Crippen molar-refractivity contribution in [2.75, 3.05) is 13.7 Å². The number of hydrogen-bond donors (Lipinski definition) is 0. The Morgan fingerprint density at radius 3 is 2.20 bits per heavy atom. The van der Waals surface area contributed by atoms with Crippen LogP contribution in [0.15, 0.2) is 0 Å². The zero-order chi connectivity index (χ0) is 7.56. The van der Waals surface area contributed by atoms with Gasteiger partial charge in [0, 0.05) is 13.7 Å². The summed E-state index contributed by atoms with van der Waals surface area (Å²) in [7, 11) is 1.55. The van der Waals surface area contributed by atoms with Crippen molar-refractivity contribution in [1.82, 2.24) is 0 Å². The molecule has 0 aromatic rings. The molecule has 3 heteroatoms. The molecular formula is C7H12F2O. The molecular weight excluding hydrogens is 138 g/mol. The summed E-state index contributed by atoms with van der Waals surface area (Å²) >= 11 is 0. The molecule has 0 radical (unpaired) electrons. The van der Waals surface area contributed by atoms with Crippen molar-refractivity contribution in [2.45, 2.75) is 25.2 Å². The molecule has 1 aliphatic carbocycles. The second kappa shape index (κ2) is 3.28. The van der Waals surface area contributed by atoms with Crippen LogP contribution in [0.5, 0.6) is 0 Å². The van der Waals surface area contributed by atoms with E-state index in [2.05, 4.69) is 0 Å². The van der Waals surface area contributed by atoms with E-state index >= 15 is 0 Å². The van der Waals surface area contributed by atoms with Crippen molar-refractivity contribution in [2.24, 2.45) is 5.92 Å². The van der Waals surface area contributed by atoms with Gasteiger partial charge >= 0.3 is 0 Å². The molecule has 1 saturated carbocycles. The first kappa shape index (κ1) is 7.92. The molecule has 60 valence electrons. The summed E-state index contributed by atoms with van der Waals surface area (Å²) < 4.78 is 29.7. The molecule has 0 aromatic heterocycles. The van der Waals surface area contributed by atoms with Crippen molar-refractivity contribution in [3.8, 4) is 0 Å². The van der Waals surface area contributed by atoms with Crippen molar-refractivity contribution < 1.29 is 13.5 Å². The largest absolute Gasteiger partial charge is 0.384 e. The number of rotatable bonds is 2. The summed E-state index contributed by atoms with van der Waals surface area (Å²) in [5, 5.41) is 0. The van der Waals surface area contributed by atoms with E-state index < -0.39 is 12.3 Å². The van der Waals surface area contributed by atoms with Crippen LogP contribution in [0.2, 0.25) is 0 Å². The molecule has 0 amide bonds. The van der Waals surface area contributed by atoms with Gasteiger partial charge in [-0.1, -0.05) is 0 Å². The first-order valence-electron chi connectivity index (χ1n) is 3.51. The molecule has 1 fully saturated rings. The highest BCUT2D eigenvalue weighted by atomic mass is 19.2. The van der Waals surface area contributed by atoms with Gasteiger partial charge in [-0.05, 0) is 18.8 Å². The molecule has 10 heavy (non-hydrogen) atoms. The van der Waals surface area contributed by atoms with Crippen LogP contribution in [0.25, 0.3) is 0 Å². The fourth-order valence-electron chi connectivity index (χ4n) is 1.40. The van der Waals surface area contributed by atoms with Gasteiger partial charge in [0.1, 0.15) is 12.3 Å². The molecule has 0 aliphatic heterocycles. The van der Waals surface area contributed by atoms with Gasteiger partial charge in [0.2, 0.25) is 0 Å². The highest BCUT2D eigenvalue weighted by molar-refractivity contribution is 4.82. The third-order valence-electron chi connectivity index (χ3n) is 1.91. The lowest BCUT2D eigenvalue weighted by molar-refractivity contribution is 0.150.